The quantitative estimate of drug-likeness (QED) is 0.913. The summed E-state index contributed by atoms with van der Waals surface area (Å²) in [4.78, 5) is 12.3. The average Bonchev–Trinajstić information content (AvgIpc) is 3.32. The minimum absolute atomic E-state index is 0.139. The van der Waals surface area contributed by atoms with Crippen molar-refractivity contribution in [2.75, 3.05) is 13.1 Å². The van der Waals surface area contributed by atoms with Crippen molar-refractivity contribution in [3.63, 3.8) is 0 Å². The molecule has 2 aliphatic rings. The van der Waals surface area contributed by atoms with E-state index >= 15 is 0 Å². The van der Waals surface area contributed by atoms with Crippen molar-refractivity contribution in [3.05, 3.63) is 28.8 Å². The van der Waals surface area contributed by atoms with Gasteiger partial charge in [0.05, 0.1) is 15.5 Å². The third kappa shape index (κ3) is 3.29. The summed E-state index contributed by atoms with van der Waals surface area (Å²) in [6.07, 6.45) is 4.75. The van der Waals surface area contributed by atoms with E-state index in [9.17, 15) is 13.2 Å². The summed E-state index contributed by atoms with van der Waals surface area (Å²) < 4.78 is 26.8. The maximum atomic E-state index is 12.7. The van der Waals surface area contributed by atoms with E-state index in [1.807, 2.05) is 0 Å². The number of nitrogens with zero attached hydrogens (tertiary/aromatic N) is 1. The van der Waals surface area contributed by atoms with Gasteiger partial charge < -0.3 is 5.32 Å². The van der Waals surface area contributed by atoms with Gasteiger partial charge in [0.15, 0.2) is 0 Å². The molecular weight excluding hydrogens is 324 g/mol. The minimum Gasteiger partial charge on any atom is -0.349 e. The molecule has 3 rings (SSSR count). The number of rotatable bonds is 4. The van der Waals surface area contributed by atoms with Gasteiger partial charge in [-0.3, -0.25) is 4.79 Å². The van der Waals surface area contributed by atoms with Crippen LogP contribution in [0.4, 0.5) is 0 Å². The first-order valence-electron chi connectivity index (χ1n) is 7.59. The van der Waals surface area contributed by atoms with Gasteiger partial charge in [0.25, 0.3) is 5.91 Å². The van der Waals surface area contributed by atoms with Crippen LogP contribution in [0.2, 0.25) is 5.02 Å². The maximum Gasteiger partial charge on any atom is 0.253 e. The predicted molar refractivity (Wildman–Crippen MR) is 84.6 cm³/mol. The van der Waals surface area contributed by atoms with Crippen LogP contribution in [-0.4, -0.2) is 37.8 Å². The highest BCUT2D eigenvalue weighted by Gasteiger charge is 2.29. The van der Waals surface area contributed by atoms with E-state index in [4.69, 9.17) is 11.6 Å². The number of amides is 1. The van der Waals surface area contributed by atoms with E-state index in [-0.39, 0.29) is 27.4 Å². The van der Waals surface area contributed by atoms with Crippen LogP contribution < -0.4 is 5.32 Å². The van der Waals surface area contributed by atoms with Gasteiger partial charge in [0.1, 0.15) is 0 Å². The molecule has 1 aliphatic heterocycles. The van der Waals surface area contributed by atoms with Crippen molar-refractivity contribution in [2.45, 2.75) is 43.0 Å². The van der Waals surface area contributed by atoms with E-state index in [1.54, 1.807) is 0 Å². The summed E-state index contributed by atoms with van der Waals surface area (Å²) >= 11 is 6.06. The second kappa shape index (κ2) is 6.18. The molecule has 22 heavy (non-hydrogen) atoms. The fourth-order valence-corrected chi connectivity index (χ4v) is 4.33. The number of halogens is 1. The van der Waals surface area contributed by atoms with Gasteiger partial charge in [-0.05, 0) is 43.9 Å². The highest BCUT2D eigenvalue weighted by molar-refractivity contribution is 7.89. The molecule has 1 saturated heterocycles. The third-order valence-electron chi connectivity index (χ3n) is 4.05. The fourth-order valence-electron chi connectivity index (χ4n) is 2.58. The number of hydrogen-bond acceptors (Lipinski definition) is 3. The topological polar surface area (TPSA) is 66.5 Å². The number of hydrogen-bond donors (Lipinski definition) is 1. The van der Waals surface area contributed by atoms with Crippen molar-refractivity contribution >= 4 is 27.5 Å². The van der Waals surface area contributed by atoms with Crippen molar-refractivity contribution in [1.82, 2.24) is 9.62 Å². The predicted octanol–water partition coefficient (Wildman–Crippen LogP) is 2.41. The Morgan fingerprint density at radius 1 is 1.18 bits per heavy atom. The number of carbonyl (C=O) groups is 1. The Kier molecular flexibility index (Phi) is 4.43. The van der Waals surface area contributed by atoms with Crippen LogP contribution in [0.1, 0.15) is 42.5 Å². The van der Waals surface area contributed by atoms with Gasteiger partial charge >= 0.3 is 0 Å². The average molecular weight is 343 g/mol. The van der Waals surface area contributed by atoms with Gasteiger partial charge in [0, 0.05) is 19.1 Å². The standard InChI is InChI=1S/C15H19ClN2O3S/c16-14-7-6-12(10-13(14)15(19)17-11-4-5-11)22(20,21)18-8-2-1-3-9-18/h6-7,10-11H,1-5,8-9H2,(H,17,19). The summed E-state index contributed by atoms with van der Waals surface area (Å²) in [5.74, 6) is -0.303. The van der Waals surface area contributed by atoms with E-state index in [2.05, 4.69) is 5.32 Å². The Balaban J connectivity index is 1.88. The first-order chi connectivity index (χ1) is 10.5. The molecule has 1 aromatic carbocycles. The molecule has 7 heteroatoms. The van der Waals surface area contributed by atoms with E-state index in [0.717, 1.165) is 32.1 Å². The Morgan fingerprint density at radius 3 is 2.50 bits per heavy atom. The Bertz CT molecular complexity index is 680. The third-order valence-corrected chi connectivity index (χ3v) is 6.27. The van der Waals surface area contributed by atoms with Crippen LogP contribution in [-0.2, 0) is 10.0 Å². The molecule has 1 aromatic rings. The van der Waals surface area contributed by atoms with Crippen molar-refractivity contribution in [3.8, 4) is 0 Å². The Labute approximate surface area is 135 Å². The molecule has 2 fully saturated rings. The highest BCUT2D eigenvalue weighted by Crippen LogP contribution is 2.26. The number of sulfonamides is 1. The fraction of sp³-hybridized carbons (Fsp3) is 0.533. The van der Waals surface area contributed by atoms with Crippen LogP contribution in [0.15, 0.2) is 23.1 Å². The molecule has 1 saturated carbocycles. The van der Waals surface area contributed by atoms with Gasteiger partial charge in [-0.25, -0.2) is 8.42 Å². The number of benzene rings is 1. The number of carbonyl (C=O) groups excluding carboxylic acids is 1. The first kappa shape index (κ1) is 15.8. The normalized spacial score (nSPS) is 19.9. The van der Waals surface area contributed by atoms with Crippen LogP contribution in [0, 0.1) is 0 Å². The van der Waals surface area contributed by atoms with Gasteiger partial charge in [-0.2, -0.15) is 4.31 Å². The van der Waals surface area contributed by atoms with Gasteiger partial charge in [-0.1, -0.05) is 18.0 Å². The monoisotopic (exact) mass is 342 g/mol. The molecule has 1 amide bonds. The van der Waals surface area contributed by atoms with Crippen LogP contribution in [0.5, 0.6) is 0 Å². The van der Waals surface area contributed by atoms with Gasteiger partial charge in [-0.15, -0.1) is 0 Å². The molecule has 0 spiro atoms. The van der Waals surface area contributed by atoms with Crippen molar-refractivity contribution in [1.29, 1.82) is 0 Å². The largest absolute Gasteiger partial charge is 0.349 e. The maximum absolute atomic E-state index is 12.7. The zero-order chi connectivity index (χ0) is 15.7. The SMILES string of the molecule is O=C(NC1CC1)c1cc(S(=O)(=O)N2CCCCC2)ccc1Cl. The Hall–Kier alpha value is -1.11. The molecule has 0 bridgehead atoms. The summed E-state index contributed by atoms with van der Waals surface area (Å²) in [5, 5.41) is 3.11. The minimum atomic E-state index is -3.55. The second-order valence-corrected chi connectivity index (χ2v) is 8.20. The summed E-state index contributed by atoms with van der Waals surface area (Å²) in [7, 11) is -3.55. The van der Waals surface area contributed by atoms with Crippen LogP contribution in [0.25, 0.3) is 0 Å². The molecular formula is C15H19ClN2O3S. The van der Waals surface area contributed by atoms with Crippen LogP contribution >= 0.6 is 11.6 Å². The summed E-state index contributed by atoms with van der Waals surface area (Å²) in [5.41, 5.74) is 0.228. The van der Waals surface area contributed by atoms with E-state index < -0.39 is 10.0 Å². The number of piperidine rings is 1. The molecule has 0 aromatic heterocycles. The molecule has 1 N–H and O–H groups in total. The van der Waals surface area contributed by atoms with E-state index in [0.29, 0.717) is 13.1 Å². The number of nitrogens with one attached hydrogen (secondary N) is 1. The van der Waals surface area contributed by atoms with Gasteiger partial charge in [0.2, 0.25) is 10.0 Å². The highest BCUT2D eigenvalue weighted by atomic mass is 35.5. The Morgan fingerprint density at radius 2 is 1.86 bits per heavy atom. The first-order valence-corrected chi connectivity index (χ1v) is 9.41. The lowest BCUT2D eigenvalue weighted by Crippen LogP contribution is -2.35. The summed E-state index contributed by atoms with van der Waals surface area (Å²) in [6.45, 7) is 1.07. The zero-order valence-electron chi connectivity index (χ0n) is 12.2. The molecule has 5 nitrogen and oxygen atoms in total. The lowest BCUT2D eigenvalue weighted by atomic mass is 10.2. The molecule has 120 valence electrons. The smallest absolute Gasteiger partial charge is 0.253 e. The molecule has 1 aliphatic carbocycles. The molecule has 0 unspecified atom stereocenters. The van der Waals surface area contributed by atoms with Crippen molar-refractivity contribution in [2.24, 2.45) is 0 Å². The van der Waals surface area contributed by atoms with Crippen molar-refractivity contribution < 1.29 is 13.2 Å². The lowest BCUT2D eigenvalue weighted by molar-refractivity contribution is 0.0951. The second-order valence-electron chi connectivity index (χ2n) is 5.85. The molecule has 1 heterocycles. The van der Waals surface area contributed by atoms with Crippen LogP contribution in [0.3, 0.4) is 0 Å². The lowest BCUT2D eigenvalue weighted by Gasteiger charge is -2.26. The molecule has 0 atom stereocenters. The molecule has 0 radical (unpaired) electrons. The van der Waals surface area contributed by atoms with E-state index in [1.165, 1.54) is 22.5 Å². The zero-order valence-corrected chi connectivity index (χ0v) is 13.8. The summed E-state index contributed by atoms with van der Waals surface area (Å²) in [6, 6.07) is 4.55.